The van der Waals surface area contributed by atoms with Crippen LogP contribution < -0.4 is 9.64 Å². The van der Waals surface area contributed by atoms with Gasteiger partial charge in [-0.15, -0.1) is 5.54 Å². The highest BCUT2D eigenvalue weighted by molar-refractivity contribution is 6.90. The maximum Gasteiger partial charge on any atom is 0.319 e. The van der Waals surface area contributed by atoms with Crippen molar-refractivity contribution in [3.8, 4) is 28.7 Å². The summed E-state index contributed by atoms with van der Waals surface area (Å²) < 4.78 is 87.8. The number of hydrogen-bond donors (Lipinski definition) is 0. The Morgan fingerprint density at radius 2 is 1.78 bits per heavy atom. The van der Waals surface area contributed by atoms with Crippen LogP contribution in [0.15, 0.2) is 30.7 Å². The number of anilines is 1. The Morgan fingerprint density at radius 3 is 2.54 bits per heavy atom. The van der Waals surface area contributed by atoms with Crippen LogP contribution in [0.1, 0.15) is 88.4 Å². The third kappa shape index (κ3) is 6.05. The zero-order chi connectivity index (χ0) is 39.9. The number of benzene rings is 1. The van der Waals surface area contributed by atoms with Crippen LogP contribution in [-0.4, -0.2) is 83.0 Å². The minimum Gasteiger partial charge on any atom is -0.461 e. The smallest absolute Gasteiger partial charge is 0.319 e. The molecule has 0 amide bonds. The van der Waals surface area contributed by atoms with E-state index in [4.69, 9.17) is 7.48 Å². The highest BCUT2D eigenvalue weighted by Gasteiger charge is 2.56. The number of fused-ring (bicyclic) bond motifs is 4. The molecule has 3 aliphatic heterocycles. The Morgan fingerprint density at radius 1 is 1.00 bits per heavy atom. The molecule has 3 saturated heterocycles. The van der Waals surface area contributed by atoms with E-state index < -0.39 is 56.2 Å². The van der Waals surface area contributed by atoms with Crippen LogP contribution in [0.3, 0.4) is 0 Å². The summed E-state index contributed by atoms with van der Waals surface area (Å²) in [4.78, 5) is 21.8. The largest absolute Gasteiger partial charge is 0.461 e. The van der Waals surface area contributed by atoms with Crippen molar-refractivity contribution in [2.24, 2.45) is 5.92 Å². The number of alkyl halides is 2. The minimum absolute atomic E-state index is 0.0484. The third-order valence-electron chi connectivity index (χ3n) is 12.8. The molecule has 286 valence electrons. The molecule has 54 heavy (non-hydrogen) atoms. The first-order valence-electron chi connectivity index (χ1n) is 20.6. The quantitative estimate of drug-likeness (QED) is 0.101. The highest BCUT2D eigenvalue weighted by Crippen LogP contribution is 2.48. The third-order valence-corrected chi connectivity index (χ3v) is 19.1. The molecule has 12 heteroatoms. The van der Waals surface area contributed by atoms with E-state index in [1.165, 1.54) is 18.5 Å². The van der Waals surface area contributed by atoms with E-state index in [1.54, 1.807) is 17.2 Å². The molecule has 1 aliphatic carbocycles. The Bertz CT molecular complexity index is 2230. The monoisotopic (exact) mass is 760 g/mol. The number of halogens is 4. The van der Waals surface area contributed by atoms with Gasteiger partial charge < -0.3 is 9.64 Å². The molecule has 4 aliphatic rings. The van der Waals surface area contributed by atoms with Crippen LogP contribution in [0.4, 0.5) is 23.4 Å². The normalized spacial score (nSPS) is 26.5. The summed E-state index contributed by atoms with van der Waals surface area (Å²) in [6, 6.07) is 2.04. The van der Waals surface area contributed by atoms with Gasteiger partial charge in [-0.2, -0.15) is 9.97 Å². The Balaban J connectivity index is 1.31. The van der Waals surface area contributed by atoms with Crippen LogP contribution in [-0.2, 0) is 0 Å². The van der Waals surface area contributed by atoms with Crippen LogP contribution in [0.5, 0.6) is 6.01 Å². The van der Waals surface area contributed by atoms with Gasteiger partial charge in [0, 0.05) is 60.4 Å². The number of rotatable bonds is 8. The molecule has 1 aromatic carbocycles. The lowest BCUT2D eigenvalue weighted by Crippen LogP contribution is -2.43. The van der Waals surface area contributed by atoms with Gasteiger partial charge in [-0.3, -0.25) is 14.9 Å². The minimum atomic E-state index is -2.43. The molecule has 1 saturated carbocycles. The Labute approximate surface area is 319 Å². The topological polar surface area (TPSA) is 67.3 Å². The first-order valence-corrected chi connectivity index (χ1v) is 21.8. The molecule has 7 nitrogen and oxygen atoms in total. The van der Waals surface area contributed by atoms with Crippen molar-refractivity contribution in [3.63, 3.8) is 0 Å². The van der Waals surface area contributed by atoms with Crippen molar-refractivity contribution in [2.75, 3.05) is 31.1 Å². The molecule has 0 spiro atoms. The van der Waals surface area contributed by atoms with Gasteiger partial charge in [0.2, 0.25) is 0 Å². The predicted molar refractivity (Wildman–Crippen MR) is 208 cm³/mol. The molecule has 3 aromatic heterocycles. The van der Waals surface area contributed by atoms with Crippen LogP contribution >= 0.6 is 0 Å². The lowest BCUT2D eigenvalue weighted by molar-refractivity contribution is 0.107. The standard InChI is InChI=1S/C42H50F4N6OSi/c1-24(2)54(25(3)4,26(5)6)17-13-29-33(44)12-11-27-19-47-20-31(34(27)29)37-36(46)38-32(21-48-37)40(52-16-8-7-10-30-35(45)39(30)52)50-41(49-38)53-23-42-14-9-15-51(42)22-28(43)18-42/h11-12,19-21,24-26,28,30,35,39H,7-10,14-16,18,22-23H2,1-6H3/t28-,30+,35+,39+,42+/m1/s1/i23D2. The van der Waals surface area contributed by atoms with E-state index in [0.29, 0.717) is 53.3 Å². The summed E-state index contributed by atoms with van der Waals surface area (Å²) in [5.41, 5.74) is 3.29. The maximum absolute atomic E-state index is 17.4. The lowest BCUT2D eigenvalue weighted by Gasteiger charge is -2.38. The fraction of sp³-hybridized carbons (Fsp3) is 0.571. The van der Waals surface area contributed by atoms with E-state index in [0.717, 1.165) is 19.3 Å². The average molecular weight is 761 g/mol. The fourth-order valence-corrected chi connectivity index (χ4v) is 15.3. The first kappa shape index (κ1) is 34.7. The number of ether oxygens (including phenoxy) is 1. The van der Waals surface area contributed by atoms with Gasteiger partial charge in [-0.05, 0) is 61.0 Å². The second kappa shape index (κ2) is 14.0. The summed E-state index contributed by atoms with van der Waals surface area (Å²) in [5, 5.41) is 1.14. The van der Waals surface area contributed by atoms with Gasteiger partial charge >= 0.3 is 6.01 Å². The van der Waals surface area contributed by atoms with Gasteiger partial charge in [0.15, 0.2) is 5.82 Å². The van der Waals surface area contributed by atoms with E-state index in [1.807, 2.05) is 4.90 Å². The fourth-order valence-electron chi connectivity index (χ4n) is 10.1. The van der Waals surface area contributed by atoms with Gasteiger partial charge in [0.25, 0.3) is 0 Å². The zero-order valence-corrected chi connectivity index (χ0v) is 32.9. The van der Waals surface area contributed by atoms with E-state index >= 15 is 13.2 Å². The van der Waals surface area contributed by atoms with Crippen molar-refractivity contribution in [1.29, 1.82) is 0 Å². The molecular weight excluding hydrogens is 709 g/mol. The number of hydrogen-bond acceptors (Lipinski definition) is 7. The average Bonchev–Trinajstić information content (AvgIpc) is 3.50. The molecular formula is C42H50F4N6OSi. The summed E-state index contributed by atoms with van der Waals surface area (Å²) in [6.07, 6.45) is 5.50. The molecule has 4 aromatic rings. The molecule has 8 rings (SSSR count). The van der Waals surface area contributed by atoms with Crippen molar-refractivity contribution in [3.05, 3.63) is 47.9 Å². The van der Waals surface area contributed by atoms with Gasteiger partial charge in [0.1, 0.15) is 49.8 Å². The van der Waals surface area contributed by atoms with Gasteiger partial charge in [-0.1, -0.05) is 53.9 Å². The van der Waals surface area contributed by atoms with Crippen molar-refractivity contribution in [2.45, 2.75) is 121 Å². The number of pyridine rings is 2. The Hall–Kier alpha value is -3.82. The number of aromatic nitrogens is 4. The maximum atomic E-state index is 17.4. The van der Waals surface area contributed by atoms with Gasteiger partial charge in [0.05, 0.1) is 25.3 Å². The lowest BCUT2D eigenvalue weighted by atomic mass is 9.95. The van der Waals surface area contributed by atoms with Crippen LogP contribution in [0.25, 0.3) is 32.9 Å². The number of nitrogens with zero attached hydrogens (tertiary/aromatic N) is 6. The van der Waals surface area contributed by atoms with E-state index in [9.17, 15) is 4.39 Å². The van der Waals surface area contributed by atoms with Crippen molar-refractivity contribution >= 4 is 35.6 Å². The van der Waals surface area contributed by atoms with Crippen LogP contribution in [0, 0.1) is 29.0 Å². The first-order chi connectivity index (χ1) is 26.6. The molecule has 0 bridgehead atoms. The van der Waals surface area contributed by atoms with Gasteiger partial charge in [-0.25, -0.2) is 17.6 Å². The Kier molecular flexibility index (Phi) is 9.01. The molecule has 6 heterocycles. The summed E-state index contributed by atoms with van der Waals surface area (Å²) >= 11 is 0. The second-order valence-corrected chi connectivity index (χ2v) is 22.3. The highest BCUT2D eigenvalue weighted by atomic mass is 28.3. The molecule has 0 unspecified atom stereocenters. The summed E-state index contributed by atoms with van der Waals surface area (Å²) in [5.74, 6) is 1.87. The summed E-state index contributed by atoms with van der Waals surface area (Å²) in [6.45, 7) is 11.7. The van der Waals surface area contributed by atoms with Crippen molar-refractivity contribution in [1.82, 2.24) is 24.8 Å². The van der Waals surface area contributed by atoms with Crippen LogP contribution in [0.2, 0.25) is 16.6 Å². The molecule has 0 N–H and O–H groups in total. The molecule has 4 fully saturated rings. The molecule has 5 atom stereocenters. The van der Waals surface area contributed by atoms with E-state index in [-0.39, 0.29) is 52.4 Å². The second-order valence-electron chi connectivity index (χ2n) is 16.7. The molecule has 0 radical (unpaired) electrons. The SMILES string of the molecule is [2H]C([2H])(Oc1nc(N2CCCC[C@H]3[C@H](F)[C@H]32)c2cnc(-c3cncc4ccc(F)c(C#C[Si](C(C)C)(C(C)C)C(C)C)c34)c(F)c2n1)[C@@]12CCCN1C[C@H](F)C2. The zero-order valence-electron chi connectivity index (χ0n) is 33.9. The van der Waals surface area contributed by atoms with E-state index in [2.05, 4.69) is 72.9 Å². The summed E-state index contributed by atoms with van der Waals surface area (Å²) in [7, 11) is -2.30. The predicted octanol–water partition coefficient (Wildman–Crippen LogP) is 9.37. The van der Waals surface area contributed by atoms with Crippen molar-refractivity contribution < 1.29 is 25.0 Å².